The molecule has 0 N–H and O–H groups in total. The van der Waals surface area contributed by atoms with E-state index in [1.165, 1.54) is 12.1 Å². The number of hydrogen-bond donors (Lipinski definition) is 0. The van der Waals surface area contributed by atoms with Crippen molar-refractivity contribution < 1.29 is 4.39 Å². The molecule has 0 saturated carbocycles. The fraction of sp³-hybridized carbons (Fsp3) is 0.200. The molecule has 0 spiro atoms. The summed E-state index contributed by atoms with van der Waals surface area (Å²) < 4.78 is 13.0. The summed E-state index contributed by atoms with van der Waals surface area (Å²) in [5.41, 5.74) is 2.81. The SMILES string of the molecule is CN(c1cccnc1C#N)C1CN(c2ccc(-c3ccc(F)cc3)nn2)C1. The van der Waals surface area contributed by atoms with Gasteiger partial charge in [0.15, 0.2) is 11.5 Å². The largest absolute Gasteiger partial charge is 0.366 e. The average Bonchev–Trinajstić information content (AvgIpc) is 2.68. The van der Waals surface area contributed by atoms with Crippen LogP contribution in [0.1, 0.15) is 5.69 Å². The van der Waals surface area contributed by atoms with Crippen LogP contribution in [0.5, 0.6) is 0 Å². The second kappa shape index (κ2) is 7.00. The van der Waals surface area contributed by atoms with Crippen LogP contribution in [-0.4, -0.2) is 41.4 Å². The van der Waals surface area contributed by atoms with Crippen molar-refractivity contribution in [2.75, 3.05) is 29.9 Å². The van der Waals surface area contributed by atoms with E-state index >= 15 is 0 Å². The number of aromatic nitrogens is 3. The molecular formula is C20H17FN6. The minimum atomic E-state index is -0.271. The van der Waals surface area contributed by atoms with Gasteiger partial charge in [-0.05, 0) is 48.5 Å². The Bertz CT molecular complexity index is 975. The molecule has 1 aliphatic heterocycles. The third-order valence-corrected chi connectivity index (χ3v) is 4.80. The van der Waals surface area contributed by atoms with E-state index in [2.05, 4.69) is 31.1 Å². The van der Waals surface area contributed by atoms with E-state index in [1.807, 2.05) is 31.3 Å². The summed E-state index contributed by atoms with van der Waals surface area (Å²) in [7, 11) is 1.98. The second-order valence-corrected chi connectivity index (χ2v) is 6.44. The van der Waals surface area contributed by atoms with Crippen molar-refractivity contribution in [3.63, 3.8) is 0 Å². The van der Waals surface area contributed by atoms with Crippen LogP contribution in [0.25, 0.3) is 11.3 Å². The topological polar surface area (TPSA) is 68.9 Å². The molecular weight excluding hydrogens is 343 g/mol. The second-order valence-electron chi connectivity index (χ2n) is 6.44. The molecule has 0 unspecified atom stereocenters. The molecule has 134 valence electrons. The molecule has 2 aromatic heterocycles. The van der Waals surface area contributed by atoms with Gasteiger partial charge in [-0.25, -0.2) is 9.37 Å². The molecule has 3 aromatic rings. The van der Waals surface area contributed by atoms with Crippen LogP contribution in [0, 0.1) is 17.1 Å². The highest BCUT2D eigenvalue weighted by atomic mass is 19.1. The molecule has 6 nitrogen and oxygen atoms in total. The summed E-state index contributed by atoms with van der Waals surface area (Å²) in [6.45, 7) is 1.58. The van der Waals surface area contributed by atoms with Gasteiger partial charge < -0.3 is 9.80 Å². The molecule has 1 saturated heterocycles. The van der Waals surface area contributed by atoms with Gasteiger partial charge in [0.05, 0.1) is 17.4 Å². The number of anilines is 2. The number of hydrogen-bond acceptors (Lipinski definition) is 6. The fourth-order valence-electron chi connectivity index (χ4n) is 3.12. The van der Waals surface area contributed by atoms with Crippen molar-refractivity contribution in [3.05, 3.63) is 66.2 Å². The van der Waals surface area contributed by atoms with E-state index in [1.54, 1.807) is 18.3 Å². The summed E-state index contributed by atoms with van der Waals surface area (Å²) in [5.74, 6) is 0.532. The summed E-state index contributed by atoms with van der Waals surface area (Å²) in [6, 6.07) is 16.2. The number of pyridine rings is 1. The van der Waals surface area contributed by atoms with Crippen molar-refractivity contribution in [2.24, 2.45) is 0 Å². The standard InChI is InChI=1S/C20H17FN6/c1-26(19-3-2-10-23-18(19)11-22)16-12-27(13-16)20-9-8-17(24-25-20)14-4-6-15(21)7-5-14/h2-10,16H,12-13H2,1H3. The van der Waals surface area contributed by atoms with Crippen molar-refractivity contribution in [1.29, 1.82) is 5.26 Å². The average molecular weight is 360 g/mol. The van der Waals surface area contributed by atoms with E-state index in [0.717, 1.165) is 30.2 Å². The van der Waals surface area contributed by atoms with Crippen LogP contribution >= 0.6 is 0 Å². The Morgan fingerprint density at radius 2 is 1.89 bits per heavy atom. The number of likely N-dealkylation sites (N-methyl/N-ethyl adjacent to an activating group) is 1. The number of halogens is 1. The molecule has 0 bridgehead atoms. The zero-order valence-electron chi connectivity index (χ0n) is 14.7. The molecule has 1 fully saturated rings. The first-order valence-corrected chi connectivity index (χ1v) is 8.58. The van der Waals surface area contributed by atoms with Crippen LogP contribution in [0.4, 0.5) is 15.9 Å². The van der Waals surface area contributed by atoms with Gasteiger partial charge in [0.1, 0.15) is 11.9 Å². The van der Waals surface area contributed by atoms with Crippen LogP contribution in [-0.2, 0) is 0 Å². The number of rotatable bonds is 4. The van der Waals surface area contributed by atoms with Crippen LogP contribution in [0.3, 0.4) is 0 Å². The lowest BCUT2D eigenvalue weighted by atomic mass is 10.1. The molecule has 1 aliphatic rings. The predicted molar refractivity (Wildman–Crippen MR) is 101 cm³/mol. The zero-order valence-corrected chi connectivity index (χ0v) is 14.7. The minimum absolute atomic E-state index is 0.271. The van der Waals surface area contributed by atoms with Crippen LogP contribution in [0.15, 0.2) is 54.7 Å². The van der Waals surface area contributed by atoms with Crippen LogP contribution < -0.4 is 9.80 Å². The smallest absolute Gasteiger partial charge is 0.163 e. The summed E-state index contributed by atoms with van der Waals surface area (Å²) >= 11 is 0. The summed E-state index contributed by atoms with van der Waals surface area (Å²) in [4.78, 5) is 8.33. The summed E-state index contributed by atoms with van der Waals surface area (Å²) in [6.07, 6.45) is 1.63. The molecule has 0 amide bonds. The molecule has 0 atom stereocenters. The predicted octanol–water partition coefficient (Wildman–Crippen LogP) is 2.87. The van der Waals surface area contributed by atoms with Gasteiger partial charge >= 0.3 is 0 Å². The lowest BCUT2D eigenvalue weighted by Gasteiger charge is -2.45. The first-order valence-electron chi connectivity index (χ1n) is 8.58. The third-order valence-electron chi connectivity index (χ3n) is 4.80. The Kier molecular flexibility index (Phi) is 4.38. The normalized spacial score (nSPS) is 13.7. The minimum Gasteiger partial charge on any atom is -0.366 e. The Labute approximate surface area is 156 Å². The zero-order chi connectivity index (χ0) is 18.8. The van der Waals surface area contributed by atoms with Gasteiger partial charge in [-0.15, -0.1) is 10.2 Å². The Morgan fingerprint density at radius 3 is 2.56 bits per heavy atom. The van der Waals surface area contributed by atoms with Gasteiger partial charge in [0, 0.05) is 31.9 Å². The molecule has 0 aliphatic carbocycles. The molecule has 27 heavy (non-hydrogen) atoms. The van der Waals surface area contributed by atoms with E-state index < -0.39 is 0 Å². The highest BCUT2D eigenvalue weighted by Crippen LogP contribution is 2.27. The molecule has 0 radical (unpaired) electrons. The lowest BCUT2D eigenvalue weighted by molar-refractivity contribution is 0.490. The van der Waals surface area contributed by atoms with Crippen molar-refractivity contribution in [3.8, 4) is 17.3 Å². The summed E-state index contributed by atoms with van der Waals surface area (Å²) in [5, 5.41) is 17.8. The van der Waals surface area contributed by atoms with Crippen molar-refractivity contribution in [2.45, 2.75) is 6.04 Å². The molecule has 1 aromatic carbocycles. The third kappa shape index (κ3) is 3.29. The van der Waals surface area contributed by atoms with Gasteiger partial charge in [-0.1, -0.05) is 0 Å². The molecule has 3 heterocycles. The van der Waals surface area contributed by atoms with E-state index in [9.17, 15) is 9.65 Å². The maximum atomic E-state index is 13.0. The van der Waals surface area contributed by atoms with E-state index in [-0.39, 0.29) is 11.9 Å². The number of nitriles is 1. The monoisotopic (exact) mass is 360 g/mol. The number of benzene rings is 1. The number of nitrogens with zero attached hydrogens (tertiary/aromatic N) is 6. The molecule has 7 heteroatoms. The maximum Gasteiger partial charge on any atom is 0.163 e. The first-order chi connectivity index (χ1) is 13.2. The van der Waals surface area contributed by atoms with Crippen molar-refractivity contribution in [1.82, 2.24) is 15.2 Å². The Morgan fingerprint density at radius 1 is 1.11 bits per heavy atom. The highest BCUT2D eigenvalue weighted by molar-refractivity contribution is 5.61. The maximum absolute atomic E-state index is 13.0. The van der Waals surface area contributed by atoms with Crippen LogP contribution in [0.2, 0.25) is 0 Å². The highest BCUT2D eigenvalue weighted by Gasteiger charge is 2.32. The van der Waals surface area contributed by atoms with Gasteiger partial charge in [0.25, 0.3) is 0 Å². The Hall–Kier alpha value is -3.53. The van der Waals surface area contributed by atoms with Crippen molar-refractivity contribution >= 4 is 11.5 Å². The van der Waals surface area contributed by atoms with E-state index in [4.69, 9.17) is 0 Å². The lowest BCUT2D eigenvalue weighted by Crippen LogP contribution is -2.59. The Balaban J connectivity index is 1.42. The molecule has 4 rings (SSSR count). The van der Waals surface area contributed by atoms with Gasteiger partial charge in [-0.3, -0.25) is 0 Å². The first kappa shape index (κ1) is 16.9. The van der Waals surface area contributed by atoms with E-state index in [0.29, 0.717) is 11.4 Å². The van der Waals surface area contributed by atoms with Gasteiger partial charge in [0.2, 0.25) is 0 Å². The fourth-order valence-corrected chi connectivity index (χ4v) is 3.12. The quantitative estimate of drug-likeness (QED) is 0.713. The van der Waals surface area contributed by atoms with Gasteiger partial charge in [-0.2, -0.15) is 5.26 Å².